The van der Waals surface area contributed by atoms with Crippen molar-refractivity contribution in [2.75, 3.05) is 26.2 Å². The Bertz CT molecular complexity index is 1110. The first-order valence-electron chi connectivity index (χ1n) is 9.96. The monoisotopic (exact) mass is 512 g/mol. The molecule has 1 fully saturated rings. The van der Waals surface area contributed by atoms with Crippen molar-refractivity contribution in [2.45, 2.75) is 13.3 Å². The van der Waals surface area contributed by atoms with Crippen LogP contribution in [-0.4, -0.2) is 51.7 Å². The van der Waals surface area contributed by atoms with Gasteiger partial charge in [-0.15, -0.1) is 0 Å². The third-order valence-corrected chi connectivity index (χ3v) is 6.29. The van der Waals surface area contributed by atoms with Gasteiger partial charge in [0.05, 0.1) is 5.02 Å². The van der Waals surface area contributed by atoms with Gasteiger partial charge in [-0.25, -0.2) is 4.68 Å². The summed E-state index contributed by atoms with van der Waals surface area (Å²) in [5.74, 6) is 0.397. The minimum absolute atomic E-state index is 0.0996. The van der Waals surface area contributed by atoms with E-state index in [2.05, 4.69) is 10.00 Å². The number of ether oxygens (including phenoxy) is 1. The maximum atomic E-state index is 12.9. The molecule has 0 unspecified atom stereocenters. The molecule has 2 aromatic carbocycles. The Kier molecular flexibility index (Phi) is 7.48. The number of benzene rings is 2. The van der Waals surface area contributed by atoms with Crippen LogP contribution in [0.15, 0.2) is 48.7 Å². The van der Waals surface area contributed by atoms with Crippen LogP contribution in [0, 0.1) is 0 Å². The average Bonchev–Trinajstić information content (AvgIpc) is 3.24. The molecule has 1 aromatic heterocycles. The molecule has 0 atom stereocenters. The van der Waals surface area contributed by atoms with Crippen LogP contribution in [0.3, 0.4) is 0 Å². The first-order valence-corrected chi connectivity index (χ1v) is 11.5. The molecule has 1 amide bonds. The SMILES string of the molecule is O=C(c1ccn(COc2ccc(Cl)cc2Cl)n1)N1CCN(Cc2ccc(Cl)cc2Cl)CC1. The molecular weight excluding hydrogens is 494 g/mol. The summed E-state index contributed by atoms with van der Waals surface area (Å²) in [5.41, 5.74) is 1.40. The molecule has 0 radical (unpaired) electrons. The van der Waals surface area contributed by atoms with E-state index in [1.54, 1.807) is 41.2 Å². The van der Waals surface area contributed by atoms with E-state index in [0.717, 1.165) is 25.2 Å². The molecule has 1 aliphatic rings. The van der Waals surface area contributed by atoms with Crippen LogP contribution >= 0.6 is 46.4 Å². The number of halogens is 4. The molecule has 0 saturated carbocycles. The summed E-state index contributed by atoms with van der Waals surface area (Å²) < 4.78 is 7.22. The van der Waals surface area contributed by atoms with Crippen molar-refractivity contribution in [3.8, 4) is 5.75 Å². The second-order valence-electron chi connectivity index (χ2n) is 7.39. The van der Waals surface area contributed by atoms with E-state index in [1.165, 1.54) is 0 Å². The number of rotatable bonds is 6. The molecule has 32 heavy (non-hydrogen) atoms. The number of carbonyl (C=O) groups is 1. The Morgan fingerprint density at radius 1 is 0.906 bits per heavy atom. The zero-order chi connectivity index (χ0) is 22.7. The number of nitrogens with zero attached hydrogens (tertiary/aromatic N) is 4. The summed E-state index contributed by atoms with van der Waals surface area (Å²) in [6.45, 7) is 3.59. The quantitative estimate of drug-likeness (QED) is 0.437. The third kappa shape index (κ3) is 5.69. The number of aromatic nitrogens is 2. The highest BCUT2D eigenvalue weighted by atomic mass is 35.5. The molecule has 4 rings (SSSR count). The molecule has 1 aliphatic heterocycles. The molecule has 0 bridgehead atoms. The van der Waals surface area contributed by atoms with Gasteiger partial charge in [-0.3, -0.25) is 9.69 Å². The van der Waals surface area contributed by atoms with Crippen LogP contribution in [-0.2, 0) is 13.3 Å². The fraction of sp³-hybridized carbons (Fsp3) is 0.273. The first-order chi connectivity index (χ1) is 15.4. The normalized spacial score (nSPS) is 14.6. The van der Waals surface area contributed by atoms with Gasteiger partial charge in [0.2, 0.25) is 0 Å². The Morgan fingerprint density at radius 2 is 1.59 bits per heavy atom. The zero-order valence-corrected chi connectivity index (χ0v) is 20.0. The van der Waals surface area contributed by atoms with Gasteiger partial charge in [0, 0.05) is 54.0 Å². The highest BCUT2D eigenvalue weighted by molar-refractivity contribution is 6.35. The second kappa shape index (κ2) is 10.3. The van der Waals surface area contributed by atoms with Crippen molar-refractivity contribution >= 4 is 52.3 Å². The Balaban J connectivity index is 1.29. The lowest BCUT2D eigenvalue weighted by molar-refractivity contribution is 0.0621. The van der Waals surface area contributed by atoms with Gasteiger partial charge < -0.3 is 9.64 Å². The fourth-order valence-corrected chi connectivity index (χ4v) is 4.37. The summed E-state index contributed by atoms with van der Waals surface area (Å²) in [7, 11) is 0. The molecular formula is C22H20Cl4N4O2. The fourth-order valence-electron chi connectivity index (χ4n) is 3.44. The second-order valence-corrected chi connectivity index (χ2v) is 9.08. The van der Waals surface area contributed by atoms with Gasteiger partial charge in [0.1, 0.15) is 5.75 Å². The summed E-state index contributed by atoms with van der Waals surface area (Å²) >= 11 is 24.3. The lowest BCUT2D eigenvalue weighted by atomic mass is 10.2. The number of amides is 1. The lowest BCUT2D eigenvalue weighted by Gasteiger charge is -2.34. The maximum absolute atomic E-state index is 12.9. The van der Waals surface area contributed by atoms with Crippen molar-refractivity contribution in [1.29, 1.82) is 0 Å². The van der Waals surface area contributed by atoms with E-state index in [4.69, 9.17) is 51.1 Å². The van der Waals surface area contributed by atoms with Crippen LogP contribution in [0.2, 0.25) is 20.1 Å². The van der Waals surface area contributed by atoms with E-state index >= 15 is 0 Å². The van der Waals surface area contributed by atoms with Crippen LogP contribution in [0.5, 0.6) is 5.75 Å². The molecule has 10 heteroatoms. The molecule has 2 heterocycles. The average molecular weight is 514 g/mol. The van der Waals surface area contributed by atoms with Crippen molar-refractivity contribution in [3.05, 3.63) is 80.0 Å². The smallest absolute Gasteiger partial charge is 0.274 e. The van der Waals surface area contributed by atoms with E-state index < -0.39 is 0 Å². The van der Waals surface area contributed by atoms with Crippen molar-refractivity contribution < 1.29 is 9.53 Å². The first kappa shape index (κ1) is 23.2. The number of carbonyl (C=O) groups excluding carboxylic acids is 1. The van der Waals surface area contributed by atoms with E-state index in [-0.39, 0.29) is 12.6 Å². The third-order valence-electron chi connectivity index (χ3n) is 5.17. The van der Waals surface area contributed by atoms with E-state index in [9.17, 15) is 4.79 Å². The van der Waals surface area contributed by atoms with Crippen molar-refractivity contribution in [1.82, 2.24) is 19.6 Å². The van der Waals surface area contributed by atoms with Gasteiger partial charge in [-0.1, -0.05) is 52.5 Å². The van der Waals surface area contributed by atoms with Crippen LogP contribution < -0.4 is 4.74 Å². The molecule has 168 valence electrons. The van der Waals surface area contributed by atoms with Crippen molar-refractivity contribution in [2.24, 2.45) is 0 Å². The number of hydrogen-bond acceptors (Lipinski definition) is 4. The van der Waals surface area contributed by atoms with Gasteiger partial charge in [-0.05, 0) is 42.0 Å². The molecule has 6 nitrogen and oxygen atoms in total. The predicted molar refractivity (Wildman–Crippen MR) is 127 cm³/mol. The van der Waals surface area contributed by atoms with Crippen LogP contribution in [0.25, 0.3) is 0 Å². The molecule has 0 N–H and O–H groups in total. The Hall–Kier alpha value is -1.96. The topological polar surface area (TPSA) is 50.6 Å². The summed E-state index contributed by atoms with van der Waals surface area (Å²) in [6.07, 6.45) is 1.70. The number of hydrogen-bond donors (Lipinski definition) is 0. The van der Waals surface area contributed by atoms with Gasteiger partial charge in [0.25, 0.3) is 5.91 Å². The minimum Gasteiger partial charge on any atom is -0.470 e. The largest absolute Gasteiger partial charge is 0.470 e. The predicted octanol–water partition coefficient (Wildman–Crippen LogP) is 5.49. The summed E-state index contributed by atoms with van der Waals surface area (Å²) in [5, 5.41) is 6.57. The maximum Gasteiger partial charge on any atom is 0.274 e. The van der Waals surface area contributed by atoms with Gasteiger partial charge in [0.15, 0.2) is 12.4 Å². The van der Waals surface area contributed by atoms with E-state index in [0.29, 0.717) is 44.6 Å². The highest BCUT2D eigenvalue weighted by Gasteiger charge is 2.24. The lowest BCUT2D eigenvalue weighted by Crippen LogP contribution is -2.48. The number of piperazine rings is 1. The molecule has 3 aromatic rings. The summed E-state index contributed by atoms with van der Waals surface area (Å²) in [4.78, 5) is 16.9. The minimum atomic E-state index is -0.0996. The zero-order valence-electron chi connectivity index (χ0n) is 17.0. The standard InChI is InChI=1S/C22H20Cl4N4O2/c23-16-2-1-15(18(25)11-16)13-28-7-9-29(10-8-28)22(31)20-5-6-30(27-20)14-32-21-4-3-17(24)12-19(21)26/h1-6,11-12H,7-10,13-14H2. The van der Waals surface area contributed by atoms with Crippen LogP contribution in [0.1, 0.15) is 16.1 Å². The van der Waals surface area contributed by atoms with Crippen molar-refractivity contribution in [3.63, 3.8) is 0 Å². The Labute approximate surface area is 206 Å². The highest BCUT2D eigenvalue weighted by Crippen LogP contribution is 2.27. The summed E-state index contributed by atoms with van der Waals surface area (Å²) in [6, 6.07) is 12.2. The molecule has 0 spiro atoms. The van der Waals surface area contributed by atoms with Gasteiger partial charge in [-0.2, -0.15) is 5.10 Å². The molecule has 1 saturated heterocycles. The van der Waals surface area contributed by atoms with Crippen LogP contribution in [0.4, 0.5) is 0 Å². The van der Waals surface area contributed by atoms with Gasteiger partial charge >= 0.3 is 0 Å². The van der Waals surface area contributed by atoms with E-state index in [1.807, 2.05) is 17.0 Å². The Morgan fingerprint density at radius 3 is 2.28 bits per heavy atom. The molecule has 0 aliphatic carbocycles.